The van der Waals surface area contributed by atoms with E-state index in [1.165, 1.54) is 5.56 Å². The normalized spacial score (nSPS) is 19.1. The topological polar surface area (TPSA) is 36.9 Å². The molecule has 20 heavy (non-hydrogen) atoms. The highest BCUT2D eigenvalue weighted by molar-refractivity contribution is 5.79. The van der Waals surface area contributed by atoms with Crippen LogP contribution in [0, 0.1) is 5.92 Å². The average Bonchev–Trinajstić information content (AvgIpc) is 2.97. The molecule has 0 aliphatic carbocycles. The summed E-state index contributed by atoms with van der Waals surface area (Å²) in [5.74, 6) is 1.60. The number of aliphatic imine (C=N–C) groups is 1. The van der Waals surface area contributed by atoms with Crippen molar-refractivity contribution < 1.29 is 4.74 Å². The highest BCUT2D eigenvalue weighted by atomic mass is 16.5. The Kier molecular flexibility index (Phi) is 5.87. The van der Waals surface area contributed by atoms with Crippen molar-refractivity contribution in [3.63, 3.8) is 0 Å². The van der Waals surface area contributed by atoms with Crippen LogP contribution >= 0.6 is 0 Å². The first kappa shape index (κ1) is 14.9. The molecule has 1 heterocycles. The van der Waals surface area contributed by atoms with Gasteiger partial charge in [-0.1, -0.05) is 30.3 Å². The molecule has 1 saturated heterocycles. The van der Waals surface area contributed by atoms with Crippen molar-refractivity contribution in [2.75, 3.05) is 33.4 Å². The van der Waals surface area contributed by atoms with Gasteiger partial charge < -0.3 is 15.0 Å². The molecule has 0 aromatic heterocycles. The molecule has 1 fully saturated rings. The molecule has 4 heteroatoms. The van der Waals surface area contributed by atoms with Gasteiger partial charge in [-0.25, -0.2) is 4.99 Å². The maximum Gasteiger partial charge on any atom is 0.193 e. The molecule has 110 valence electrons. The summed E-state index contributed by atoms with van der Waals surface area (Å²) in [6, 6.07) is 10.4. The number of ether oxygens (including phenoxy) is 1. The summed E-state index contributed by atoms with van der Waals surface area (Å²) in [7, 11) is 2.10. The molecule has 1 atom stereocenters. The van der Waals surface area contributed by atoms with Crippen molar-refractivity contribution in [1.82, 2.24) is 10.2 Å². The molecule has 2 rings (SSSR count). The van der Waals surface area contributed by atoms with Crippen LogP contribution in [0.2, 0.25) is 0 Å². The van der Waals surface area contributed by atoms with Gasteiger partial charge in [-0.2, -0.15) is 0 Å². The largest absolute Gasteiger partial charge is 0.381 e. The summed E-state index contributed by atoms with van der Waals surface area (Å²) in [5, 5.41) is 3.36. The van der Waals surface area contributed by atoms with Crippen LogP contribution in [0.5, 0.6) is 0 Å². The van der Waals surface area contributed by atoms with E-state index in [0.29, 0.717) is 12.5 Å². The number of nitrogens with zero attached hydrogens (tertiary/aromatic N) is 2. The van der Waals surface area contributed by atoms with Crippen molar-refractivity contribution in [3.05, 3.63) is 35.9 Å². The van der Waals surface area contributed by atoms with E-state index in [4.69, 9.17) is 9.73 Å². The first-order valence-electron chi connectivity index (χ1n) is 7.40. The Morgan fingerprint density at radius 1 is 1.40 bits per heavy atom. The number of nitrogens with one attached hydrogen (secondary N) is 1. The van der Waals surface area contributed by atoms with Crippen molar-refractivity contribution in [3.8, 4) is 0 Å². The van der Waals surface area contributed by atoms with Crippen molar-refractivity contribution in [1.29, 1.82) is 0 Å². The van der Waals surface area contributed by atoms with Crippen LogP contribution in [0.25, 0.3) is 0 Å². The van der Waals surface area contributed by atoms with E-state index in [-0.39, 0.29) is 0 Å². The molecule has 1 aromatic carbocycles. The molecule has 0 radical (unpaired) electrons. The second-order valence-electron chi connectivity index (χ2n) is 5.27. The fraction of sp³-hybridized carbons (Fsp3) is 0.562. The van der Waals surface area contributed by atoms with Gasteiger partial charge in [0.05, 0.1) is 13.2 Å². The van der Waals surface area contributed by atoms with Gasteiger partial charge in [0, 0.05) is 32.7 Å². The Morgan fingerprint density at radius 3 is 2.85 bits per heavy atom. The fourth-order valence-corrected chi connectivity index (χ4v) is 2.42. The van der Waals surface area contributed by atoms with Gasteiger partial charge >= 0.3 is 0 Å². The molecule has 1 N–H and O–H groups in total. The number of hydrogen-bond donors (Lipinski definition) is 1. The van der Waals surface area contributed by atoms with E-state index in [2.05, 4.69) is 48.5 Å². The van der Waals surface area contributed by atoms with Gasteiger partial charge in [0.15, 0.2) is 5.96 Å². The highest BCUT2D eigenvalue weighted by Gasteiger charge is 2.18. The van der Waals surface area contributed by atoms with Gasteiger partial charge in [-0.15, -0.1) is 0 Å². The zero-order valence-electron chi connectivity index (χ0n) is 12.5. The zero-order valence-corrected chi connectivity index (χ0v) is 12.5. The van der Waals surface area contributed by atoms with Crippen LogP contribution in [0.4, 0.5) is 0 Å². The molecule has 0 amide bonds. The average molecular weight is 275 g/mol. The van der Waals surface area contributed by atoms with E-state index in [9.17, 15) is 0 Å². The second-order valence-corrected chi connectivity index (χ2v) is 5.27. The molecule has 0 saturated carbocycles. The summed E-state index contributed by atoms with van der Waals surface area (Å²) in [6.07, 6.45) is 1.16. The van der Waals surface area contributed by atoms with Crippen LogP contribution in [0.3, 0.4) is 0 Å². The Bertz CT molecular complexity index is 413. The van der Waals surface area contributed by atoms with Gasteiger partial charge in [0.2, 0.25) is 0 Å². The number of benzene rings is 1. The summed E-state index contributed by atoms with van der Waals surface area (Å²) >= 11 is 0. The number of hydrogen-bond acceptors (Lipinski definition) is 2. The Labute approximate surface area is 121 Å². The van der Waals surface area contributed by atoms with E-state index < -0.39 is 0 Å². The van der Waals surface area contributed by atoms with Crippen LogP contribution in [0.1, 0.15) is 18.9 Å². The Hall–Kier alpha value is -1.55. The summed E-state index contributed by atoms with van der Waals surface area (Å²) in [5.41, 5.74) is 1.24. The molecular weight excluding hydrogens is 250 g/mol. The Morgan fingerprint density at radius 2 is 2.20 bits per heavy atom. The molecule has 1 aliphatic heterocycles. The highest BCUT2D eigenvalue weighted by Crippen LogP contribution is 2.13. The first-order chi connectivity index (χ1) is 9.79. The molecule has 4 nitrogen and oxygen atoms in total. The van der Waals surface area contributed by atoms with Crippen molar-refractivity contribution >= 4 is 5.96 Å². The van der Waals surface area contributed by atoms with Crippen LogP contribution < -0.4 is 5.32 Å². The fourth-order valence-electron chi connectivity index (χ4n) is 2.42. The minimum Gasteiger partial charge on any atom is -0.381 e. The van der Waals surface area contributed by atoms with Crippen molar-refractivity contribution in [2.45, 2.75) is 19.9 Å². The molecular formula is C16H25N3O. The Balaban J connectivity index is 1.93. The summed E-state index contributed by atoms with van der Waals surface area (Å²) in [4.78, 5) is 6.93. The number of rotatable bonds is 5. The predicted molar refractivity (Wildman–Crippen MR) is 82.8 cm³/mol. The molecule has 0 spiro atoms. The lowest BCUT2D eigenvalue weighted by Crippen LogP contribution is -2.41. The molecule has 1 unspecified atom stereocenters. The number of guanidine groups is 1. The van der Waals surface area contributed by atoms with Gasteiger partial charge in [-0.3, -0.25) is 0 Å². The third-order valence-electron chi connectivity index (χ3n) is 3.51. The first-order valence-corrected chi connectivity index (χ1v) is 7.40. The molecule has 1 aliphatic rings. The smallest absolute Gasteiger partial charge is 0.193 e. The van der Waals surface area contributed by atoms with Crippen LogP contribution in [-0.2, 0) is 11.3 Å². The van der Waals surface area contributed by atoms with Gasteiger partial charge in [-0.05, 0) is 18.9 Å². The standard InChI is InChI=1S/C16H25N3O/c1-3-17-16(18-11-14-7-5-4-6-8-14)19(2)12-15-9-10-20-13-15/h4-8,15H,3,9-13H2,1-2H3,(H,17,18). The lowest BCUT2D eigenvalue weighted by Gasteiger charge is -2.24. The quantitative estimate of drug-likeness (QED) is 0.660. The van der Waals surface area contributed by atoms with E-state index in [1.807, 2.05) is 6.07 Å². The maximum atomic E-state index is 5.44. The van der Waals surface area contributed by atoms with E-state index in [1.54, 1.807) is 0 Å². The van der Waals surface area contributed by atoms with E-state index in [0.717, 1.165) is 38.7 Å². The summed E-state index contributed by atoms with van der Waals surface area (Å²) in [6.45, 7) is 6.48. The monoisotopic (exact) mass is 275 g/mol. The maximum absolute atomic E-state index is 5.44. The predicted octanol–water partition coefficient (Wildman–Crippen LogP) is 2.12. The van der Waals surface area contributed by atoms with Gasteiger partial charge in [0.1, 0.15) is 0 Å². The molecule has 0 bridgehead atoms. The van der Waals surface area contributed by atoms with Crippen molar-refractivity contribution in [2.24, 2.45) is 10.9 Å². The minimum absolute atomic E-state index is 0.626. The third kappa shape index (κ3) is 4.53. The third-order valence-corrected chi connectivity index (χ3v) is 3.51. The second kappa shape index (κ2) is 7.90. The van der Waals surface area contributed by atoms with Crippen LogP contribution in [-0.4, -0.2) is 44.2 Å². The lowest BCUT2D eigenvalue weighted by atomic mass is 10.1. The minimum atomic E-state index is 0.626. The van der Waals surface area contributed by atoms with Gasteiger partial charge in [0.25, 0.3) is 0 Å². The van der Waals surface area contributed by atoms with E-state index >= 15 is 0 Å². The summed E-state index contributed by atoms with van der Waals surface area (Å²) < 4.78 is 5.44. The lowest BCUT2D eigenvalue weighted by molar-refractivity contribution is 0.181. The SMILES string of the molecule is CCNC(=NCc1ccccc1)N(C)CC1CCOC1. The van der Waals surface area contributed by atoms with Crippen LogP contribution in [0.15, 0.2) is 35.3 Å². The zero-order chi connectivity index (χ0) is 14.2. The molecule has 1 aromatic rings.